The fraction of sp³-hybridized carbons (Fsp3) is 0.667. The van der Waals surface area contributed by atoms with Crippen molar-refractivity contribution in [2.45, 2.75) is 58.7 Å². The summed E-state index contributed by atoms with van der Waals surface area (Å²) in [6.07, 6.45) is 3.88. The summed E-state index contributed by atoms with van der Waals surface area (Å²) < 4.78 is 0. The highest BCUT2D eigenvalue weighted by Gasteiger charge is 2.27. The Morgan fingerprint density at radius 3 is 2.60 bits per heavy atom. The number of hydrogen-bond acceptors (Lipinski definition) is 2. The van der Waals surface area contributed by atoms with Crippen molar-refractivity contribution in [3.05, 3.63) is 35.9 Å². The fourth-order valence-corrected chi connectivity index (χ4v) is 3.16. The molecule has 0 radical (unpaired) electrons. The number of rotatable bonds is 6. The van der Waals surface area contributed by atoms with Crippen LogP contribution in [0.15, 0.2) is 30.3 Å². The van der Waals surface area contributed by atoms with Crippen LogP contribution in [0.3, 0.4) is 0 Å². The van der Waals surface area contributed by atoms with Crippen molar-refractivity contribution in [3.63, 3.8) is 0 Å². The summed E-state index contributed by atoms with van der Waals surface area (Å²) >= 11 is 0. The van der Waals surface area contributed by atoms with E-state index in [4.69, 9.17) is 0 Å². The Hall–Kier alpha value is -0.860. The Bertz CT molecular complexity index is 376. The molecule has 0 spiro atoms. The summed E-state index contributed by atoms with van der Waals surface area (Å²) in [4.78, 5) is 2.68. The van der Waals surface area contributed by atoms with Gasteiger partial charge >= 0.3 is 0 Å². The lowest BCUT2D eigenvalue weighted by atomic mass is 9.91. The number of hydrogen-bond donors (Lipinski definition) is 1. The van der Waals surface area contributed by atoms with Crippen LogP contribution in [0.25, 0.3) is 0 Å². The van der Waals surface area contributed by atoms with Crippen molar-refractivity contribution in [1.82, 2.24) is 10.2 Å². The van der Waals surface area contributed by atoms with Crippen molar-refractivity contribution >= 4 is 0 Å². The summed E-state index contributed by atoms with van der Waals surface area (Å²) in [6.45, 7) is 10.5. The van der Waals surface area contributed by atoms with Gasteiger partial charge in [0, 0.05) is 31.7 Å². The fourth-order valence-electron chi connectivity index (χ4n) is 3.16. The van der Waals surface area contributed by atoms with Crippen LogP contribution in [0.4, 0.5) is 0 Å². The minimum Gasteiger partial charge on any atom is -0.309 e. The normalized spacial score (nSPS) is 25.6. The van der Waals surface area contributed by atoms with E-state index in [0.717, 1.165) is 12.5 Å². The van der Waals surface area contributed by atoms with E-state index in [2.05, 4.69) is 61.3 Å². The van der Waals surface area contributed by atoms with Gasteiger partial charge in [-0.1, -0.05) is 50.6 Å². The molecule has 3 unspecified atom stereocenters. The molecule has 20 heavy (non-hydrogen) atoms. The van der Waals surface area contributed by atoms with Gasteiger partial charge in [0.15, 0.2) is 0 Å². The average molecular weight is 274 g/mol. The van der Waals surface area contributed by atoms with Gasteiger partial charge in [-0.15, -0.1) is 0 Å². The van der Waals surface area contributed by atoms with Gasteiger partial charge in [0.25, 0.3) is 0 Å². The maximum Gasteiger partial charge on any atom is 0.0208 e. The lowest BCUT2D eigenvalue weighted by Crippen LogP contribution is -2.51. The van der Waals surface area contributed by atoms with Gasteiger partial charge in [-0.05, 0) is 31.2 Å². The molecule has 1 fully saturated rings. The quantitative estimate of drug-likeness (QED) is 0.851. The zero-order valence-electron chi connectivity index (χ0n) is 13.3. The minimum atomic E-state index is 0.642. The lowest BCUT2D eigenvalue weighted by Gasteiger charge is -2.41. The molecule has 0 bridgehead atoms. The van der Waals surface area contributed by atoms with Crippen molar-refractivity contribution in [2.75, 3.05) is 13.1 Å². The highest BCUT2D eigenvalue weighted by Crippen LogP contribution is 2.22. The maximum absolute atomic E-state index is 3.77. The van der Waals surface area contributed by atoms with E-state index >= 15 is 0 Å². The van der Waals surface area contributed by atoms with Gasteiger partial charge in [-0.25, -0.2) is 0 Å². The molecular formula is C18H30N2. The summed E-state index contributed by atoms with van der Waals surface area (Å²) in [5.74, 6) is 0.853. The first-order valence-electron chi connectivity index (χ1n) is 8.24. The number of piperidine rings is 1. The molecule has 3 atom stereocenters. The molecule has 2 nitrogen and oxygen atoms in total. The number of benzene rings is 1. The second-order valence-corrected chi connectivity index (χ2v) is 6.28. The first kappa shape index (κ1) is 15.5. The molecule has 0 aromatic heterocycles. The zero-order valence-corrected chi connectivity index (χ0v) is 13.3. The van der Waals surface area contributed by atoms with E-state index < -0.39 is 0 Å². The van der Waals surface area contributed by atoms with Crippen molar-refractivity contribution in [2.24, 2.45) is 5.92 Å². The largest absolute Gasteiger partial charge is 0.309 e. The molecule has 1 aromatic carbocycles. The highest BCUT2D eigenvalue weighted by atomic mass is 15.2. The Balaban J connectivity index is 1.89. The molecule has 2 heteroatoms. The third-order valence-electron chi connectivity index (χ3n) is 4.79. The molecule has 0 saturated carbocycles. The van der Waals surface area contributed by atoms with Gasteiger partial charge in [-0.2, -0.15) is 0 Å². The third kappa shape index (κ3) is 4.32. The summed E-state index contributed by atoms with van der Waals surface area (Å²) in [5.41, 5.74) is 1.39. The number of nitrogens with zero attached hydrogens (tertiary/aromatic N) is 1. The Kier molecular flexibility index (Phi) is 6.06. The summed E-state index contributed by atoms with van der Waals surface area (Å²) in [6, 6.07) is 12.1. The standard InChI is InChI=1S/C18H30N2/c1-4-15(3)20-13-16(5-2)11-18(14-20)19-12-17-9-7-6-8-10-17/h6-10,15-16,18-19H,4-5,11-14H2,1-3H3. The van der Waals surface area contributed by atoms with E-state index in [1.807, 2.05) is 0 Å². The van der Waals surface area contributed by atoms with Crippen molar-refractivity contribution in [3.8, 4) is 0 Å². The predicted molar refractivity (Wildman–Crippen MR) is 86.8 cm³/mol. The third-order valence-corrected chi connectivity index (χ3v) is 4.79. The van der Waals surface area contributed by atoms with Crippen LogP contribution in [0, 0.1) is 5.92 Å². The van der Waals surface area contributed by atoms with Crippen LogP contribution in [0.1, 0.15) is 45.6 Å². The smallest absolute Gasteiger partial charge is 0.0208 e. The number of likely N-dealkylation sites (tertiary alicyclic amines) is 1. The Morgan fingerprint density at radius 1 is 1.20 bits per heavy atom. The highest BCUT2D eigenvalue weighted by molar-refractivity contribution is 5.14. The molecule has 1 aromatic rings. The van der Waals surface area contributed by atoms with E-state index in [9.17, 15) is 0 Å². The second kappa shape index (κ2) is 7.80. The van der Waals surface area contributed by atoms with Crippen LogP contribution in [-0.2, 0) is 6.54 Å². The summed E-state index contributed by atoms with van der Waals surface area (Å²) in [7, 11) is 0. The van der Waals surface area contributed by atoms with E-state index in [-0.39, 0.29) is 0 Å². The Labute approximate surface area is 124 Å². The van der Waals surface area contributed by atoms with Gasteiger partial charge in [0.1, 0.15) is 0 Å². The van der Waals surface area contributed by atoms with Crippen LogP contribution in [0.5, 0.6) is 0 Å². The maximum atomic E-state index is 3.77. The minimum absolute atomic E-state index is 0.642. The van der Waals surface area contributed by atoms with Crippen LogP contribution >= 0.6 is 0 Å². The molecule has 0 amide bonds. The van der Waals surface area contributed by atoms with Gasteiger partial charge in [0.2, 0.25) is 0 Å². The lowest BCUT2D eigenvalue weighted by molar-refractivity contribution is 0.0999. The van der Waals surface area contributed by atoms with Crippen LogP contribution < -0.4 is 5.32 Å². The van der Waals surface area contributed by atoms with Gasteiger partial charge in [0.05, 0.1) is 0 Å². The van der Waals surface area contributed by atoms with Crippen LogP contribution in [0.2, 0.25) is 0 Å². The molecule has 112 valence electrons. The molecule has 1 aliphatic rings. The average Bonchev–Trinajstić information content (AvgIpc) is 2.52. The zero-order chi connectivity index (χ0) is 14.4. The number of nitrogens with one attached hydrogen (secondary N) is 1. The van der Waals surface area contributed by atoms with E-state index in [0.29, 0.717) is 12.1 Å². The molecular weight excluding hydrogens is 244 g/mol. The first-order valence-corrected chi connectivity index (χ1v) is 8.24. The molecule has 1 aliphatic heterocycles. The van der Waals surface area contributed by atoms with Gasteiger partial charge in [-0.3, -0.25) is 4.90 Å². The first-order chi connectivity index (χ1) is 9.72. The van der Waals surface area contributed by atoms with Crippen molar-refractivity contribution in [1.29, 1.82) is 0 Å². The molecule has 1 N–H and O–H groups in total. The molecule has 1 saturated heterocycles. The predicted octanol–water partition coefficient (Wildman–Crippen LogP) is 3.68. The van der Waals surface area contributed by atoms with Crippen LogP contribution in [-0.4, -0.2) is 30.1 Å². The second-order valence-electron chi connectivity index (χ2n) is 6.28. The Morgan fingerprint density at radius 2 is 1.95 bits per heavy atom. The SMILES string of the molecule is CCC1CC(NCc2ccccc2)CN(C(C)CC)C1. The molecule has 2 rings (SSSR count). The van der Waals surface area contributed by atoms with E-state index in [1.54, 1.807) is 0 Å². The monoisotopic (exact) mass is 274 g/mol. The topological polar surface area (TPSA) is 15.3 Å². The molecule has 1 heterocycles. The van der Waals surface area contributed by atoms with Gasteiger partial charge < -0.3 is 5.32 Å². The van der Waals surface area contributed by atoms with Crippen molar-refractivity contribution < 1.29 is 0 Å². The summed E-state index contributed by atoms with van der Waals surface area (Å²) in [5, 5.41) is 3.77. The molecule has 0 aliphatic carbocycles. The van der Waals surface area contributed by atoms with E-state index in [1.165, 1.54) is 37.9 Å².